The number of nitrogens with one attached hydrogen (secondary N) is 1. The lowest BCUT2D eigenvalue weighted by atomic mass is 10.1. The molecule has 0 bridgehead atoms. The average Bonchev–Trinajstić information content (AvgIpc) is 2.41. The highest BCUT2D eigenvalue weighted by Crippen LogP contribution is 2.25. The van der Waals surface area contributed by atoms with Crippen LogP contribution in [-0.2, 0) is 9.59 Å². The molecule has 0 fully saturated rings. The normalized spacial score (nSPS) is 12.4. The molecule has 0 radical (unpaired) electrons. The second-order valence-electron chi connectivity index (χ2n) is 4.38. The standard InChI is InChI=1S/C14H17NO6/c16-11-5-3-9(8-12(11)17)2-1-7-15-10(14(20)21)4-6-13(18)19/h1-3,5,8,10,15-17H,4,6-7H2,(H,18,19)(H,20,21)/b2-1+/t10-/m0/s1. The van der Waals surface area contributed by atoms with Crippen molar-refractivity contribution in [2.24, 2.45) is 0 Å². The Labute approximate surface area is 121 Å². The molecule has 0 aliphatic rings. The number of benzene rings is 1. The van der Waals surface area contributed by atoms with E-state index in [2.05, 4.69) is 5.32 Å². The number of phenols is 2. The van der Waals surface area contributed by atoms with Crippen LogP contribution in [0.2, 0.25) is 0 Å². The van der Waals surface area contributed by atoms with Crippen LogP contribution in [0.5, 0.6) is 11.5 Å². The lowest BCUT2D eigenvalue weighted by Gasteiger charge is -2.11. The first-order valence-electron chi connectivity index (χ1n) is 6.26. The van der Waals surface area contributed by atoms with Gasteiger partial charge in [0.25, 0.3) is 0 Å². The number of hydrogen-bond acceptors (Lipinski definition) is 5. The summed E-state index contributed by atoms with van der Waals surface area (Å²) in [5, 5.41) is 38.6. The number of aliphatic carboxylic acids is 2. The molecule has 5 N–H and O–H groups in total. The fraction of sp³-hybridized carbons (Fsp3) is 0.286. The summed E-state index contributed by atoms with van der Waals surface area (Å²) >= 11 is 0. The largest absolute Gasteiger partial charge is 0.504 e. The van der Waals surface area contributed by atoms with Crippen molar-refractivity contribution >= 4 is 18.0 Å². The predicted molar refractivity (Wildman–Crippen MR) is 75.1 cm³/mol. The van der Waals surface area contributed by atoms with Crippen LogP contribution >= 0.6 is 0 Å². The van der Waals surface area contributed by atoms with Crippen LogP contribution in [0.1, 0.15) is 18.4 Å². The molecule has 0 saturated heterocycles. The number of hydrogen-bond donors (Lipinski definition) is 5. The van der Waals surface area contributed by atoms with Crippen molar-refractivity contribution in [1.29, 1.82) is 0 Å². The van der Waals surface area contributed by atoms with Gasteiger partial charge in [0, 0.05) is 13.0 Å². The van der Waals surface area contributed by atoms with E-state index in [0.717, 1.165) is 0 Å². The van der Waals surface area contributed by atoms with E-state index in [1.807, 2.05) is 0 Å². The van der Waals surface area contributed by atoms with Gasteiger partial charge >= 0.3 is 11.9 Å². The van der Waals surface area contributed by atoms with Gasteiger partial charge in [0.15, 0.2) is 11.5 Å². The van der Waals surface area contributed by atoms with E-state index in [-0.39, 0.29) is 30.9 Å². The van der Waals surface area contributed by atoms with Gasteiger partial charge in [-0.3, -0.25) is 9.59 Å². The van der Waals surface area contributed by atoms with Gasteiger partial charge in [-0.05, 0) is 24.1 Å². The van der Waals surface area contributed by atoms with E-state index in [9.17, 15) is 14.7 Å². The highest BCUT2D eigenvalue weighted by atomic mass is 16.4. The van der Waals surface area contributed by atoms with E-state index in [1.54, 1.807) is 18.2 Å². The molecule has 0 spiro atoms. The molecule has 1 aromatic rings. The fourth-order valence-corrected chi connectivity index (χ4v) is 1.63. The smallest absolute Gasteiger partial charge is 0.320 e. The van der Waals surface area contributed by atoms with Crippen molar-refractivity contribution < 1.29 is 30.0 Å². The molecule has 1 rings (SSSR count). The molecule has 0 heterocycles. The van der Waals surface area contributed by atoms with Crippen molar-refractivity contribution in [2.75, 3.05) is 6.54 Å². The summed E-state index contributed by atoms with van der Waals surface area (Å²) in [7, 11) is 0. The van der Waals surface area contributed by atoms with Gasteiger partial charge in [-0.1, -0.05) is 18.2 Å². The number of phenolic OH excluding ortho intramolecular Hbond substituents is 2. The lowest BCUT2D eigenvalue weighted by Crippen LogP contribution is -2.37. The Balaban J connectivity index is 2.49. The molecule has 1 aromatic carbocycles. The Morgan fingerprint density at radius 1 is 1.19 bits per heavy atom. The van der Waals surface area contributed by atoms with Crippen molar-refractivity contribution in [3.63, 3.8) is 0 Å². The van der Waals surface area contributed by atoms with Gasteiger partial charge in [0.1, 0.15) is 6.04 Å². The summed E-state index contributed by atoms with van der Waals surface area (Å²) in [5.74, 6) is -2.61. The van der Waals surface area contributed by atoms with Crippen molar-refractivity contribution in [1.82, 2.24) is 5.32 Å². The summed E-state index contributed by atoms with van der Waals surface area (Å²) in [4.78, 5) is 21.3. The summed E-state index contributed by atoms with van der Waals surface area (Å²) in [6.07, 6.45) is 3.06. The fourth-order valence-electron chi connectivity index (χ4n) is 1.63. The minimum Gasteiger partial charge on any atom is -0.504 e. The number of rotatable bonds is 8. The molecule has 0 aliphatic carbocycles. The maximum absolute atomic E-state index is 10.9. The molecule has 0 unspecified atom stereocenters. The Hall–Kier alpha value is -2.54. The van der Waals surface area contributed by atoms with Crippen LogP contribution in [0.15, 0.2) is 24.3 Å². The van der Waals surface area contributed by atoms with Gasteiger partial charge in [-0.25, -0.2) is 0 Å². The molecule has 1 atom stereocenters. The first-order valence-corrected chi connectivity index (χ1v) is 6.26. The molecule has 21 heavy (non-hydrogen) atoms. The highest BCUT2D eigenvalue weighted by Gasteiger charge is 2.16. The van der Waals surface area contributed by atoms with Gasteiger partial charge in [-0.2, -0.15) is 0 Å². The van der Waals surface area contributed by atoms with Crippen molar-refractivity contribution in [2.45, 2.75) is 18.9 Å². The highest BCUT2D eigenvalue weighted by molar-refractivity contribution is 5.75. The number of carbonyl (C=O) groups is 2. The molecular weight excluding hydrogens is 278 g/mol. The van der Waals surface area contributed by atoms with Crippen LogP contribution in [0.4, 0.5) is 0 Å². The molecule has 0 aliphatic heterocycles. The molecule has 7 heteroatoms. The topological polar surface area (TPSA) is 127 Å². The number of carboxylic acid groups (broad SMARTS) is 2. The Bertz CT molecular complexity index is 540. The third-order valence-electron chi connectivity index (χ3n) is 2.74. The maximum atomic E-state index is 10.9. The zero-order valence-corrected chi connectivity index (χ0v) is 11.2. The minimum atomic E-state index is -1.10. The van der Waals surface area contributed by atoms with E-state index < -0.39 is 18.0 Å². The van der Waals surface area contributed by atoms with Crippen molar-refractivity contribution in [3.05, 3.63) is 29.8 Å². The van der Waals surface area contributed by atoms with E-state index in [0.29, 0.717) is 5.56 Å². The predicted octanol–water partition coefficient (Wildman–Crippen LogP) is 1.02. The van der Waals surface area contributed by atoms with Gasteiger partial charge in [0.2, 0.25) is 0 Å². The molecule has 0 saturated carbocycles. The van der Waals surface area contributed by atoms with Crippen LogP contribution in [-0.4, -0.2) is 45.0 Å². The summed E-state index contributed by atoms with van der Waals surface area (Å²) < 4.78 is 0. The first kappa shape index (κ1) is 16.5. The van der Waals surface area contributed by atoms with Gasteiger partial charge in [-0.15, -0.1) is 0 Å². The Kier molecular flexibility index (Phi) is 6.22. The second-order valence-corrected chi connectivity index (χ2v) is 4.38. The first-order chi connectivity index (χ1) is 9.90. The third-order valence-corrected chi connectivity index (χ3v) is 2.74. The van der Waals surface area contributed by atoms with E-state index >= 15 is 0 Å². The van der Waals surface area contributed by atoms with Crippen molar-refractivity contribution in [3.8, 4) is 11.5 Å². The monoisotopic (exact) mass is 295 g/mol. The third kappa shape index (κ3) is 5.96. The Morgan fingerprint density at radius 2 is 1.90 bits per heavy atom. The van der Waals surface area contributed by atoms with Crippen LogP contribution in [0, 0.1) is 0 Å². The molecule has 0 aromatic heterocycles. The quantitative estimate of drug-likeness (QED) is 0.453. The van der Waals surface area contributed by atoms with Gasteiger partial charge in [0.05, 0.1) is 0 Å². The molecule has 114 valence electrons. The Morgan fingerprint density at radius 3 is 2.48 bits per heavy atom. The summed E-state index contributed by atoms with van der Waals surface area (Å²) in [6.45, 7) is 0.234. The maximum Gasteiger partial charge on any atom is 0.320 e. The molecular formula is C14H17NO6. The summed E-state index contributed by atoms with van der Waals surface area (Å²) in [6, 6.07) is 3.37. The zero-order valence-electron chi connectivity index (χ0n) is 11.2. The van der Waals surface area contributed by atoms with Gasteiger partial charge < -0.3 is 25.7 Å². The minimum absolute atomic E-state index is 0.00148. The lowest BCUT2D eigenvalue weighted by molar-refractivity contribution is -0.140. The van der Waals surface area contributed by atoms with Crippen LogP contribution in [0.25, 0.3) is 6.08 Å². The van der Waals surface area contributed by atoms with Crippen LogP contribution in [0.3, 0.4) is 0 Å². The molecule has 7 nitrogen and oxygen atoms in total. The van der Waals surface area contributed by atoms with E-state index in [1.165, 1.54) is 12.1 Å². The van der Waals surface area contributed by atoms with E-state index in [4.69, 9.17) is 15.3 Å². The average molecular weight is 295 g/mol. The second kappa shape index (κ2) is 7.91. The SMILES string of the molecule is O=C(O)CC[C@H](NC/C=C/c1ccc(O)c(O)c1)C(=O)O. The van der Waals surface area contributed by atoms with Crippen LogP contribution < -0.4 is 5.32 Å². The number of carboxylic acids is 2. The summed E-state index contributed by atoms with van der Waals surface area (Å²) in [5.41, 5.74) is 0.643. The molecule has 0 amide bonds. The number of aromatic hydroxyl groups is 2. The zero-order chi connectivity index (χ0) is 15.8.